The number of hydrogen-bond acceptors (Lipinski definition) is 1. The summed E-state index contributed by atoms with van der Waals surface area (Å²) in [5.41, 5.74) is 1.66. The Hall–Kier alpha value is -1.08. The van der Waals surface area contributed by atoms with Gasteiger partial charge in [-0.1, -0.05) is 57.2 Å². The van der Waals surface area contributed by atoms with E-state index in [4.69, 9.17) is 0 Å². The van der Waals surface area contributed by atoms with Crippen LogP contribution < -0.4 is 0 Å². The summed E-state index contributed by atoms with van der Waals surface area (Å²) in [4.78, 5) is 0. The summed E-state index contributed by atoms with van der Waals surface area (Å²) in [6.45, 7) is 6.18. The van der Waals surface area contributed by atoms with Gasteiger partial charge < -0.3 is 5.11 Å². The van der Waals surface area contributed by atoms with E-state index >= 15 is 0 Å². The molecule has 1 aromatic rings. The molecule has 16 heavy (non-hydrogen) atoms. The van der Waals surface area contributed by atoms with Crippen LogP contribution in [0.4, 0.5) is 0 Å². The zero-order valence-electron chi connectivity index (χ0n) is 10.5. The Labute approximate surface area is 98.8 Å². The SMILES string of the molecule is CCC(=Cc1ccccc1)C(O)(CC)CC. The van der Waals surface area contributed by atoms with E-state index in [2.05, 4.69) is 25.1 Å². The summed E-state index contributed by atoms with van der Waals surface area (Å²) in [6, 6.07) is 10.2. The normalized spacial score (nSPS) is 12.9. The maximum absolute atomic E-state index is 10.5. The highest BCUT2D eigenvalue weighted by molar-refractivity contribution is 5.54. The van der Waals surface area contributed by atoms with Crippen LogP contribution in [-0.2, 0) is 0 Å². The van der Waals surface area contributed by atoms with Crippen molar-refractivity contribution in [1.29, 1.82) is 0 Å². The molecule has 0 atom stereocenters. The quantitative estimate of drug-likeness (QED) is 0.791. The number of hydrogen-bond donors (Lipinski definition) is 1. The summed E-state index contributed by atoms with van der Waals surface area (Å²) in [7, 11) is 0. The second-order valence-electron chi connectivity index (χ2n) is 4.17. The molecular weight excluding hydrogens is 196 g/mol. The van der Waals surface area contributed by atoms with E-state index in [1.807, 2.05) is 32.0 Å². The van der Waals surface area contributed by atoms with E-state index in [0.29, 0.717) is 0 Å². The van der Waals surface area contributed by atoms with Crippen LogP contribution in [0, 0.1) is 0 Å². The fourth-order valence-electron chi connectivity index (χ4n) is 2.02. The topological polar surface area (TPSA) is 20.2 Å². The van der Waals surface area contributed by atoms with E-state index in [1.165, 1.54) is 5.56 Å². The average molecular weight is 218 g/mol. The monoisotopic (exact) mass is 218 g/mol. The fraction of sp³-hybridized carbons (Fsp3) is 0.467. The molecule has 0 aromatic heterocycles. The Balaban J connectivity index is 3.02. The Morgan fingerprint density at radius 2 is 1.69 bits per heavy atom. The molecule has 1 heteroatoms. The second kappa shape index (κ2) is 5.86. The van der Waals surface area contributed by atoms with Gasteiger partial charge in [0.05, 0.1) is 5.60 Å². The summed E-state index contributed by atoms with van der Waals surface area (Å²) in [6.07, 6.45) is 4.56. The molecule has 0 fully saturated rings. The first kappa shape index (κ1) is 13.0. The first-order valence-electron chi connectivity index (χ1n) is 6.14. The van der Waals surface area contributed by atoms with Crippen LogP contribution in [0.15, 0.2) is 35.9 Å². The molecule has 0 aliphatic heterocycles. The van der Waals surface area contributed by atoms with Gasteiger partial charge >= 0.3 is 0 Å². The van der Waals surface area contributed by atoms with E-state index in [-0.39, 0.29) is 0 Å². The van der Waals surface area contributed by atoms with Crippen molar-refractivity contribution in [2.24, 2.45) is 0 Å². The minimum absolute atomic E-state index is 0.634. The predicted octanol–water partition coefficient (Wildman–Crippen LogP) is 4.03. The maximum atomic E-state index is 10.5. The summed E-state index contributed by atoms with van der Waals surface area (Å²) < 4.78 is 0. The molecule has 0 bridgehead atoms. The molecule has 0 amide bonds. The molecule has 1 nitrogen and oxygen atoms in total. The van der Waals surface area contributed by atoms with Crippen molar-refractivity contribution in [2.75, 3.05) is 0 Å². The smallest absolute Gasteiger partial charge is 0.0854 e. The van der Waals surface area contributed by atoms with Gasteiger partial charge in [0.15, 0.2) is 0 Å². The molecule has 0 saturated carbocycles. The van der Waals surface area contributed by atoms with Gasteiger partial charge in [-0.15, -0.1) is 0 Å². The summed E-state index contributed by atoms with van der Waals surface area (Å²) >= 11 is 0. The van der Waals surface area contributed by atoms with Crippen LogP contribution in [0.1, 0.15) is 45.6 Å². The van der Waals surface area contributed by atoms with Gasteiger partial charge in [0.1, 0.15) is 0 Å². The molecule has 88 valence electrons. The van der Waals surface area contributed by atoms with E-state index in [1.54, 1.807) is 0 Å². The highest BCUT2D eigenvalue weighted by Gasteiger charge is 2.25. The highest BCUT2D eigenvalue weighted by Crippen LogP contribution is 2.28. The van der Waals surface area contributed by atoms with Gasteiger partial charge in [0.25, 0.3) is 0 Å². The minimum Gasteiger partial charge on any atom is -0.386 e. The van der Waals surface area contributed by atoms with Crippen LogP contribution in [0.3, 0.4) is 0 Å². The third-order valence-electron chi connectivity index (χ3n) is 3.29. The van der Waals surface area contributed by atoms with Crippen molar-refractivity contribution in [1.82, 2.24) is 0 Å². The standard InChI is InChI=1S/C15H22O/c1-4-14(15(16,5-2)6-3)12-13-10-8-7-9-11-13/h7-12,16H,4-6H2,1-3H3. The summed E-state index contributed by atoms with van der Waals surface area (Å²) in [5, 5.41) is 10.5. The molecule has 0 radical (unpaired) electrons. The molecule has 0 spiro atoms. The molecule has 0 saturated heterocycles. The van der Waals surface area contributed by atoms with Crippen molar-refractivity contribution < 1.29 is 5.11 Å². The number of benzene rings is 1. The van der Waals surface area contributed by atoms with Crippen LogP contribution in [0.5, 0.6) is 0 Å². The Bertz CT molecular complexity index is 334. The first-order valence-corrected chi connectivity index (χ1v) is 6.14. The molecule has 0 aliphatic carbocycles. The van der Waals surface area contributed by atoms with Gasteiger partial charge in [-0.2, -0.15) is 0 Å². The largest absolute Gasteiger partial charge is 0.386 e. The predicted molar refractivity (Wildman–Crippen MR) is 70.2 cm³/mol. The lowest BCUT2D eigenvalue weighted by Crippen LogP contribution is -2.29. The van der Waals surface area contributed by atoms with E-state index in [0.717, 1.165) is 24.8 Å². The Kier molecular flexibility index (Phi) is 4.75. The third kappa shape index (κ3) is 2.96. The molecule has 0 aliphatic rings. The van der Waals surface area contributed by atoms with Crippen LogP contribution in [0.25, 0.3) is 6.08 Å². The van der Waals surface area contributed by atoms with E-state index < -0.39 is 5.60 Å². The van der Waals surface area contributed by atoms with Gasteiger partial charge in [-0.25, -0.2) is 0 Å². The van der Waals surface area contributed by atoms with Crippen LogP contribution in [-0.4, -0.2) is 10.7 Å². The molecule has 1 N–H and O–H groups in total. The summed E-state index contributed by atoms with van der Waals surface area (Å²) in [5.74, 6) is 0. The van der Waals surface area contributed by atoms with Gasteiger partial charge in [-0.3, -0.25) is 0 Å². The zero-order chi connectivity index (χ0) is 12.0. The third-order valence-corrected chi connectivity index (χ3v) is 3.29. The lowest BCUT2D eigenvalue weighted by Gasteiger charge is -2.28. The average Bonchev–Trinajstić information content (AvgIpc) is 2.36. The molecule has 0 heterocycles. The van der Waals surface area contributed by atoms with Crippen molar-refractivity contribution >= 4 is 6.08 Å². The number of aliphatic hydroxyl groups is 1. The maximum Gasteiger partial charge on any atom is 0.0854 e. The first-order chi connectivity index (χ1) is 7.66. The fourth-order valence-corrected chi connectivity index (χ4v) is 2.02. The Morgan fingerprint density at radius 1 is 1.12 bits per heavy atom. The molecule has 0 unspecified atom stereocenters. The van der Waals surface area contributed by atoms with Crippen LogP contribution in [0.2, 0.25) is 0 Å². The second-order valence-corrected chi connectivity index (χ2v) is 4.17. The van der Waals surface area contributed by atoms with Crippen molar-refractivity contribution in [2.45, 2.75) is 45.6 Å². The highest BCUT2D eigenvalue weighted by atomic mass is 16.3. The lowest BCUT2D eigenvalue weighted by atomic mass is 9.85. The molecular formula is C15H22O. The van der Waals surface area contributed by atoms with Crippen LogP contribution >= 0.6 is 0 Å². The van der Waals surface area contributed by atoms with Gasteiger partial charge in [-0.05, 0) is 30.4 Å². The zero-order valence-corrected chi connectivity index (χ0v) is 10.5. The lowest BCUT2D eigenvalue weighted by molar-refractivity contribution is 0.0684. The van der Waals surface area contributed by atoms with Crippen molar-refractivity contribution in [3.05, 3.63) is 41.5 Å². The van der Waals surface area contributed by atoms with Crippen molar-refractivity contribution in [3.63, 3.8) is 0 Å². The number of rotatable bonds is 5. The molecule has 1 aromatic carbocycles. The Morgan fingerprint density at radius 3 is 2.12 bits per heavy atom. The van der Waals surface area contributed by atoms with Crippen molar-refractivity contribution in [3.8, 4) is 0 Å². The van der Waals surface area contributed by atoms with Gasteiger partial charge in [0.2, 0.25) is 0 Å². The van der Waals surface area contributed by atoms with E-state index in [9.17, 15) is 5.11 Å². The minimum atomic E-state index is -0.634. The van der Waals surface area contributed by atoms with Gasteiger partial charge in [0, 0.05) is 0 Å². The molecule has 1 rings (SSSR count).